The van der Waals surface area contributed by atoms with Crippen LogP contribution in [0.5, 0.6) is 5.75 Å². The number of hydrogen-bond donors (Lipinski definition) is 2. The fourth-order valence-corrected chi connectivity index (χ4v) is 1.58. The summed E-state index contributed by atoms with van der Waals surface area (Å²) in [6, 6.07) is 7.51. The minimum atomic E-state index is 0.120. The normalized spacial score (nSPS) is 22.9. The highest BCUT2D eigenvalue weighted by Gasteiger charge is 2.17. The van der Waals surface area contributed by atoms with Gasteiger partial charge in [-0.1, -0.05) is 18.2 Å². The zero-order valence-corrected chi connectivity index (χ0v) is 7.40. The summed E-state index contributed by atoms with van der Waals surface area (Å²) in [4.78, 5) is 0. The summed E-state index contributed by atoms with van der Waals surface area (Å²) in [5, 5.41) is 17.3. The van der Waals surface area contributed by atoms with Gasteiger partial charge in [0.25, 0.3) is 0 Å². The summed E-state index contributed by atoms with van der Waals surface area (Å²) < 4.78 is 0. The van der Waals surface area contributed by atoms with Crippen LogP contribution < -0.4 is 10.6 Å². The van der Waals surface area contributed by atoms with E-state index in [1.807, 2.05) is 18.2 Å². The maximum atomic E-state index is 9.57. The van der Waals surface area contributed by atoms with E-state index in [-0.39, 0.29) is 6.04 Å². The number of phenolic OH excluding ortho intramolecular Hbond substituents is 1. The second-order valence-corrected chi connectivity index (χ2v) is 3.18. The van der Waals surface area contributed by atoms with E-state index in [1.54, 1.807) is 6.07 Å². The van der Waals surface area contributed by atoms with Gasteiger partial charge >= 0.3 is 0 Å². The molecule has 69 valence electrons. The summed E-state index contributed by atoms with van der Waals surface area (Å²) in [6.45, 7) is 2.61. The van der Waals surface area contributed by atoms with E-state index < -0.39 is 0 Å². The Bertz CT molecular complexity index is 282. The summed E-state index contributed by atoms with van der Waals surface area (Å²) >= 11 is 0. The molecule has 0 bridgehead atoms. The van der Waals surface area contributed by atoms with Gasteiger partial charge in [-0.15, -0.1) is 0 Å². The molecule has 1 saturated heterocycles. The molecular formula is C10H13N2O. The predicted octanol–water partition coefficient (Wildman–Crippen LogP) is 0.641. The van der Waals surface area contributed by atoms with Gasteiger partial charge in [0.15, 0.2) is 0 Å². The Hall–Kier alpha value is -1.06. The molecule has 0 saturated carbocycles. The lowest BCUT2D eigenvalue weighted by Gasteiger charge is -2.23. The molecule has 3 nitrogen and oxygen atoms in total. The Morgan fingerprint density at radius 2 is 2.23 bits per heavy atom. The minimum Gasteiger partial charge on any atom is -0.508 e. The summed E-state index contributed by atoms with van der Waals surface area (Å²) in [5.41, 5.74) is 0.926. The smallest absolute Gasteiger partial charge is 0.120 e. The topological polar surface area (TPSA) is 46.4 Å². The van der Waals surface area contributed by atoms with Crippen molar-refractivity contribution in [1.29, 1.82) is 0 Å². The van der Waals surface area contributed by atoms with Gasteiger partial charge in [0.2, 0.25) is 0 Å². The first-order valence-electron chi connectivity index (χ1n) is 4.53. The number of rotatable bonds is 1. The van der Waals surface area contributed by atoms with Crippen LogP contribution in [0.15, 0.2) is 24.3 Å². The van der Waals surface area contributed by atoms with Crippen molar-refractivity contribution < 1.29 is 5.11 Å². The lowest BCUT2D eigenvalue weighted by Crippen LogP contribution is -2.38. The standard InChI is InChI=1S/C10H13N2O/c13-10-4-2-1-3-8(10)9-7-11-5-6-12-9/h1-4,9,11,13H,5-7H2. The van der Waals surface area contributed by atoms with Crippen molar-refractivity contribution in [3.8, 4) is 5.75 Å². The number of aromatic hydroxyl groups is 1. The molecule has 1 aliphatic rings. The second-order valence-electron chi connectivity index (χ2n) is 3.18. The maximum absolute atomic E-state index is 9.57. The van der Waals surface area contributed by atoms with Gasteiger partial charge in [-0.25, -0.2) is 5.32 Å². The largest absolute Gasteiger partial charge is 0.508 e. The molecule has 1 unspecified atom stereocenters. The Morgan fingerprint density at radius 1 is 1.38 bits per heavy atom. The number of benzene rings is 1. The Balaban J connectivity index is 2.18. The molecular weight excluding hydrogens is 164 g/mol. The van der Waals surface area contributed by atoms with Crippen LogP contribution in [0.4, 0.5) is 0 Å². The van der Waals surface area contributed by atoms with E-state index >= 15 is 0 Å². The lowest BCUT2D eigenvalue weighted by atomic mass is 10.0. The van der Waals surface area contributed by atoms with Crippen molar-refractivity contribution in [2.45, 2.75) is 6.04 Å². The first kappa shape index (κ1) is 8.53. The monoisotopic (exact) mass is 177 g/mol. The molecule has 2 N–H and O–H groups in total. The average molecular weight is 177 g/mol. The summed E-state index contributed by atoms with van der Waals surface area (Å²) in [5.74, 6) is 0.347. The molecule has 1 aromatic rings. The summed E-state index contributed by atoms with van der Waals surface area (Å²) in [6.07, 6.45) is 0. The molecule has 0 aromatic heterocycles. The quantitative estimate of drug-likeness (QED) is 0.661. The first-order chi connectivity index (χ1) is 6.38. The van der Waals surface area contributed by atoms with Crippen molar-refractivity contribution in [1.82, 2.24) is 10.6 Å². The zero-order chi connectivity index (χ0) is 9.10. The minimum absolute atomic E-state index is 0.120. The van der Waals surface area contributed by atoms with Crippen LogP contribution in [0.25, 0.3) is 0 Å². The van der Waals surface area contributed by atoms with Crippen LogP contribution >= 0.6 is 0 Å². The molecule has 1 heterocycles. The number of nitrogens with zero attached hydrogens (tertiary/aromatic N) is 1. The third kappa shape index (κ3) is 1.82. The molecule has 13 heavy (non-hydrogen) atoms. The van der Waals surface area contributed by atoms with E-state index in [2.05, 4.69) is 10.6 Å². The highest BCUT2D eigenvalue weighted by atomic mass is 16.3. The van der Waals surface area contributed by atoms with Gasteiger partial charge in [0.05, 0.1) is 6.04 Å². The zero-order valence-electron chi connectivity index (χ0n) is 7.40. The van der Waals surface area contributed by atoms with E-state index in [9.17, 15) is 5.11 Å². The van der Waals surface area contributed by atoms with E-state index in [1.165, 1.54) is 0 Å². The van der Waals surface area contributed by atoms with Crippen LogP contribution in [0.3, 0.4) is 0 Å². The molecule has 2 rings (SSSR count). The fraction of sp³-hybridized carbons (Fsp3) is 0.400. The lowest BCUT2D eigenvalue weighted by molar-refractivity contribution is 0.398. The van der Waals surface area contributed by atoms with Crippen molar-refractivity contribution in [2.75, 3.05) is 19.6 Å². The third-order valence-corrected chi connectivity index (χ3v) is 2.27. The molecule has 1 aliphatic heterocycles. The predicted molar refractivity (Wildman–Crippen MR) is 50.7 cm³/mol. The summed E-state index contributed by atoms with van der Waals surface area (Å²) in [7, 11) is 0. The van der Waals surface area contributed by atoms with Crippen LogP contribution in [-0.4, -0.2) is 24.7 Å². The van der Waals surface area contributed by atoms with Crippen molar-refractivity contribution in [3.05, 3.63) is 29.8 Å². The van der Waals surface area contributed by atoms with Crippen LogP contribution in [-0.2, 0) is 0 Å². The number of nitrogens with one attached hydrogen (secondary N) is 1. The number of hydrogen-bond acceptors (Lipinski definition) is 2. The van der Waals surface area contributed by atoms with Gasteiger partial charge in [-0.05, 0) is 6.07 Å². The highest BCUT2D eigenvalue weighted by Crippen LogP contribution is 2.24. The molecule has 0 amide bonds. The molecule has 1 fully saturated rings. The van der Waals surface area contributed by atoms with Gasteiger partial charge < -0.3 is 10.4 Å². The SMILES string of the molecule is Oc1ccccc1C1CNCC[N]1. The average Bonchev–Trinajstić information content (AvgIpc) is 2.20. The molecule has 1 aromatic carbocycles. The van der Waals surface area contributed by atoms with Crippen molar-refractivity contribution in [3.63, 3.8) is 0 Å². The number of piperazine rings is 1. The first-order valence-corrected chi connectivity index (χ1v) is 4.53. The Morgan fingerprint density at radius 3 is 2.92 bits per heavy atom. The maximum Gasteiger partial charge on any atom is 0.120 e. The van der Waals surface area contributed by atoms with E-state index in [0.29, 0.717) is 5.75 Å². The van der Waals surface area contributed by atoms with Gasteiger partial charge in [-0.2, -0.15) is 0 Å². The highest BCUT2D eigenvalue weighted by molar-refractivity contribution is 5.34. The Labute approximate surface area is 77.8 Å². The van der Waals surface area contributed by atoms with Gasteiger partial charge in [0.1, 0.15) is 5.75 Å². The number of phenols is 1. The van der Waals surface area contributed by atoms with Gasteiger partial charge in [-0.3, -0.25) is 0 Å². The molecule has 0 aliphatic carbocycles. The van der Waals surface area contributed by atoms with Crippen LogP contribution in [0, 0.1) is 0 Å². The molecule has 3 heteroatoms. The number of para-hydroxylation sites is 1. The molecule has 0 spiro atoms. The molecule has 1 atom stereocenters. The van der Waals surface area contributed by atoms with E-state index in [0.717, 1.165) is 25.2 Å². The van der Waals surface area contributed by atoms with Crippen molar-refractivity contribution >= 4 is 0 Å². The van der Waals surface area contributed by atoms with E-state index in [4.69, 9.17) is 0 Å². The second kappa shape index (κ2) is 3.77. The Kier molecular flexibility index (Phi) is 2.47. The van der Waals surface area contributed by atoms with Crippen molar-refractivity contribution in [2.24, 2.45) is 0 Å². The van der Waals surface area contributed by atoms with Crippen LogP contribution in [0.1, 0.15) is 11.6 Å². The fourth-order valence-electron chi connectivity index (χ4n) is 1.58. The third-order valence-electron chi connectivity index (χ3n) is 2.27. The van der Waals surface area contributed by atoms with Gasteiger partial charge in [0, 0.05) is 25.2 Å². The molecule has 1 radical (unpaired) electrons. The van der Waals surface area contributed by atoms with Crippen LogP contribution in [0.2, 0.25) is 0 Å².